The summed E-state index contributed by atoms with van der Waals surface area (Å²) in [5.74, 6) is 3.56. The molecule has 4 saturated carbocycles. The zero-order valence-electron chi connectivity index (χ0n) is 29.7. The first kappa shape index (κ1) is 28.8. The van der Waals surface area contributed by atoms with E-state index in [1.807, 2.05) is 11.3 Å². The van der Waals surface area contributed by atoms with Crippen LogP contribution >= 0.6 is 11.3 Å². The number of rotatable bonds is 3. The maximum Gasteiger partial charge on any atom is 0.0640 e. The third-order valence-electron chi connectivity index (χ3n) is 15.6. The first-order chi connectivity index (χ1) is 24.2. The van der Waals surface area contributed by atoms with Gasteiger partial charge in [-0.25, -0.2) is 0 Å². The van der Waals surface area contributed by atoms with Crippen molar-refractivity contribution in [2.45, 2.75) is 82.5 Å². The van der Waals surface area contributed by atoms with Crippen LogP contribution in [-0.2, 0) is 16.2 Å². The van der Waals surface area contributed by atoms with Gasteiger partial charge in [0.15, 0.2) is 0 Å². The highest BCUT2D eigenvalue weighted by molar-refractivity contribution is 7.26. The molecule has 0 N–H and O–H groups in total. The van der Waals surface area contributed by atoms with E-state index in [1.165, 1.54) is 98.0 Å². The maximum absolute atomic E-state index is 2.74. The van der Waals surface area contributed by atoms with E-state index in [4.69, 9.17) is 0 Å². The van der Waals surface area contributed by atoms with Crippen molar-refractivity contribution in [2.24, 2.45) is 29.1 Å². The molecule has 6 aliphatic carbocycles. The molecule has 6 atom stereocenters. The molecule has 6 aliphatic rings. The predicted molar refractivity (Wildman–Crippen MR) is 210 cm³/mol. The molecule has 4 fully saturated rings. The highest BCUT2D eigenvalue weighted by atomic mass is 32.1. The van der Waals surface area contributed by atoms with E-state index >= 15 is 0 Å². The summed E-state index contributed by atoms with van der Waals surface area (Å²) in [5.41, 5.74) is 14.4. The number of hydrogen-bond acceptors (Lipinski definition) is 2. The van der Waals surface area contributed by atoms with Crippen molar-refractivity contribution in [2.75, 3.05) is 4.90 Å². The number of benzene rings is 5. The van der Waals surface area contributed by atoms with Crippen molar-refractivity contribution in [3.8, 4) is 11.1 Å². The summed E-state index contributed by atoms with van der Waals surface area (Å²) in [5, 5.41) is 2.73. The van der Waals surface area contributed by atoms with Crippen LogP contribution in [0.25, 0.3) is 31.3 Å². The number of fused-ring (bicyclic) bond motifs is 12. The molecule has 0 saturated heterocycles. The van der Waals surface area contributed by atoms with Crippen molar-refractivity contribution >= 4 is 48.6 Å². The lowest BCUT2D eigenvalue weighted by Crippen LogP contribution is -2.73. The lowest BCUT2D eigenvalue weighted by Gasteiger charge is -2.76. The van der Waals surface area contributed by atoms with Gasteiger partial charge in [-0.15, -0.1) is 11.3 Å². The Bertz CT molecular complexity index is 2460. The standard InChI is InChI=1S/C48H45NS/c1-45(2)22-23-46(3,4)43-35(45)17-11-19-37(43)49(38-20-9-14-31-30-12-6-8-21-39(30)50-44(31)38)36-18-10-16-34-42(36)32-13-5-7-15-33(32)48(34)40-25-28-24-29-26-41(48)47(29,40)27-28/h5-21,28-29,40-41H,22-27H2,1-4H3. The van der Waals surface area contributed by atoms with Gasteiger partial charge < -0.3 is 4.90 Å². The molecular formula is C48H45NS. The van der Waals surface area contributed by atoms with Gasteiger partial charge in [0, 0.05) is 26.5 Å². The molecule has 2 spiro atoms. The van der Waals surface area contributed by atoms with Crippen LogP contribution in [0, 0.1) is 29.1 Å². The predicted octanol–water partition coefficient (Wildman–Crippen LogP) is 13.2. The van der Waals surface area contributed by atoms with E-state index in [1.54, 1.807) is 11.1 Å². The normalized spacial score (nSPS) is 31.2. The summed E-state index contributed by atoms with van der Waals surface area (Å²) in [6, 6.07) is 40.5. The Labute approximate surface area is 300 Å². The molecule has 2 heteroatoms. The van der Waals surface area contributed by atoms with Gasteiger partial charge in [-0.1, -0.05) is 107 Å². The van der Waals surface area contributed by atoms with Crippen LogP contribution in [0.2, 0.25) is 0 Å². The Morgan fingerprint density at radius 2 is 1.28 bits per heavy atom. The maximum atomic E-state index is 2.74. The Balaban J connectivity index is 1.18. The lowest BCUT2D eigenvalue weighted by atomic mass is 9.27. The highest BCUT2D eigenvalue weighted by Gasteiger charge is 2.84. The minimum atomic E-state index is 0.0647. The third kappa shape index (κ3) is 3.12. The number of anilines is 3. The molecule has 1 nitrogen and oxygen atoms in total. The minimum Gasteiger partial charge on any atom is -0.308 e. The van der Waals surface area contributed by atoms with Gasteiger partial charge in [0.25, 0.3) is 0 Å². The van der Waals surface area contributed by atoms with Crippen LogP contribution in [0.4, 0.5) is 17.1 Å². The molecule has 0 radical (unpaired) electrons. The van der Waals surface area contributed by atoms with E-state index in [0.717, 1.165) is 23.7 Å². The van der Waals surface area contributed by atoms with Crippen molar-refractivity contribution < 1.29 is 0 Å². The molecule has 5 aromatic carbocycles. The molecule has 0 amide bonds. The molecule has 248 valence electrons. The van der Waals surface area contributed by atoms with Gasteiger partial charge in [-0.05, 0) is 131 Å². The summed E-state index contributed by atoms with van der Waals surface area (Å²) in [7, 11) is 0. The van der Waals surface area contributed by atoms with Gasteiger partial charge in [-0.3, -0.25) is 0 Å². The molecular weight excluding hydrogens is 623 g/mol. The fraction of sp³-hybridized carbons (Fsp3) is 0.375. The van der Waals surface area contributed by atoms with Gasteiger partial charge in [-0.2, -0.15) is 0 Å². The summed E-state index contributed by atoms with van der Waals surface area (Å²) < 4.78 is 2.75. The van der Waals surface area contributed by atoms with E-state index in [2.05, 4.69) is 136 Å². The smallest absolute Gasteiger partial charge is 0.0640 e. The second-order valence-electron chi connectivity index (χ2n) is 18.4. The average molecular weight is 668 g/mol. The van der Waals surface area contributed by atoms with Crippen LogP contribution in [-0.4, -0.2) is 0 Å². The lowest BCUT2D eigenvalue weighted by molar-refractivity contribution is -0.231. The van der Waals surface area contributed by atoms with Crippen LogP contribution in [0.3, 0.4) is 0 Å². The molecule has 50 heavy (non-hydrogen) atoms. The van der Waals surface area contributed by atoms with Crippen LogP contribution in [0.15, 0.2) is 103 Å². The second kappa shape index (κ2) is 9.12. The molecule has 6 aromatic rings. The first-order valence-corrected chi connectivity index (χ1v) is 20.1. The van der Waals surface area contributed by atoms with E-state index in [9.17, 15) is 0 Å². The monoisotopic (exact) mass is 667 g/mol. The van der Waals surface area contributed by atoms with Gasteiger partial charge in [0.1, 0.15) is 0 Å². The topological polar surface area (TPSA) is 3.24 Å². The summed E-state index contributed by atoms with van der Waals surface area (Å²) in [6.45, 7) is 9.93. The average Bonchev–Trinajstić information content (AvgIpc) is 3.85. The Morgan fingerprint density at radius 3 is 2.16 bits per heavy atom. The van der Waals surface area contributed by atoms with Crippen LogP contribution in [0.5, 0.6) is 0 Å². The number of hydrogen-bond donors (Lipinski definition) is 0. The SMILES string of the molecule is CC1(C)CCC(C)(C)c2c(N(c3cccc4c3-c3ccccc3C43C4CC5CC6CC3C64C5)c3cccc4c3sc3ccccc34)cccc21. The quantitative estimate of drug-likeness (QED) is 0.182. The van der Waals surface area contributed by atoms with Gasteiger partial charge in [0.05, 0.1) is 21.8 Å². The van der Waals surface area contributed by atoms with E-state index < -0.39 is 0 Å². The van der Waals surface area contributed by atoms with Gasteiger partial charge in [0.2, 0.25) is 0 Å². The highest BCUT2D eigenvalue weighted by Crippen LogP contribution is 2.89. The Morgan fingerprint density at radius 1 is 0.600 bits per heavy atom. The van der Waals surface area contributed by atoms with Gasteiger partial charge >= 0.3 is 0 Å². The van der Waals surface area contributed by atoms with E-state index in [0.29, 0.717) is 5.41 Å². The molecule has 12 rings (SSSR count). The van der Waals surface area contributed by atoms with Crippen molar-refractivity contribution in [1.29, 1.82) is 0 Å². The first-order valence-electron chi connectivity index (χ1n) is 19.3. The Kier molecular flexibility index (Phi) is 5.25. The second-order valence-corrected chi connectivity index (χ2v) is 19.4. The zero-order valence-corrected chi connectivity index (χ0v) is 30.5. The largest absolute Gasteiger partial charge is 0.308 e. The van der Waals surface area contributed by atoms with E-state index in [-0.39, 0.29) is 16.2 Å². The Hall–Kier alpha value is -3.88. The van der Waals surface area contributed by atoms with Crippen molar-refractivity contribution in [3.63, 3.8) is 0 Å². The van der Waals surface area contributed by atoms with Crippen LogP contribution < -0.4 is 4.90 Å². The zero-order chi connectivity index (χ0) is 33.4. The van der Waals surface area contributed by atoms with Crippen molar-refractivity contribution in [1.82, 2.24) is 0 Å². The minimum absolute atomic E-state index is 0.0647. The molecule has 6 unspecified atom stereocenters. The molecule has 1 heterocycles. The third-order valence-corrected chi connectivity index (χ3v) is 16.8. The van der Waals surface area contributed by atoms with Crippen LogP contribution in [0.1, 0.15) is 88.5 Å². The molecule has 1 aromatic heterocycles. The number of nitrogens with zero attached hydrogens (tertiary/aromatic N) is 1. The fourth-order valence-electron chi connectivity index (χ4n) is 13.7. The number of thiophene rings is 1. The summed E-state index contributed by atoms with van der Waals surface area (Å²) in [6.07, 6.45) is 8.29. The fourth-order valence-corrected chi connectivity index (χ4v) is 14.9. The summed E-state index contributed by atoms with van der Waals surface area (Å²) in [4.78, 5) is 2.74. The summed E-state index contributed by atoms with van der Waals surface area (Å²) >= 11 is 1.96. The van der Waals surface area contributed by atoms with Crippen molar-refractivity contribution in [3.05, 3.63) is 125 Å². The molecule has 0 aliphatic heterocycles. The molecule has 2 bridgehead atoms.